The van der Waals surface area contributed by atoms with Crippen LogP contribution in [-0.4, -0.2) is 75.3 Å². The van der Waals surface area contributed by atoms with Crippen LogP contribution in [0.3, 0.4) is 0 Å². The quantitative estimate of drug-likeness (QED) is 0.242. The average molecular weight is 443 g/mol. The molecule has 2 aliphatic heterocycles. The van der Waals surface area contributed by atoms with Crippen molar-refractivity contribution in [1.29, 1.82) is 0 Å². The molecule has 1 fully saturated rings. The lowest BCUT2D eigenvalue weighted by Gasteiger charge is -2.29. The highest BCUT2D eigenvalue weighted by Gasteiger charge is 2.69. The van der Waals surface area contributed by atoms with Crippen molar-refractivity contribution < 1.29 is 35.1 Å². The molecule has 32 heavy (non-hydrogen) atoms. The van der Waals surface area contributed by atoms with Gasteiger partial charge in [-0.1, -0.05) is 24.3 Å². The second kappa shape index (κ2) is 5.98. The number of Topliss-reactive ketones (excluding diaryl/α,β-unsaturated/α-hetero) is 1. The second-order valence-corrected chi connectivity index (χ2v) is 8.01. The largest absolute Gasteiger partial charge is 0.394 e. The van der Waals surface area contributed by atoms with Crippen LogP contribution >= 0.6 is 0 Å². The molecule has 1 saturated heterocycles. The summed E-state index contributed by atoms with van der Waals surface area (Å²) in [5.41, 5.74) is -6.16. The summed E-state index contributed by atoms with van der Waals surface area (Å²) in [7, 11) is 0. The van der Waals surface area contributed by atoms with Gasteiger partial charge < -0.3 is 35.6 Å². The van der Waals surface area contributed by atoms with Crippen LogP contribution < -0.4 is 10.9 Å². The first-order chi connectivity index (χ1) is 15.2. The van der Waals surface area contributed by atoms with Crippen LogP contribution in [0.15, 0.2) is 35.4 Å². The van der Waals surface area contributed by atoms with E-state index in [2.05, 4.69) is 15.3 Å². The minimum Gasteiger partial charge on any atom is -0.394 e. The van der Waals surface area contributed by atoms with E-state index in [-0.39, 0.29) is 28.2 Å². The molecule has 1 aliphatic carbocycles. The van der Waals surface area contributed by atoms with Gasteiger partial charge in [-0.25, -0.2) is 9.55 Å². The third kappa shape index (κ3) is 1.98. The van der Waals surface area contributed by atoms with E-state index in [1.807, 2.05) is 0 Å². The maximum Gasteiger partial charge on any atom is 0.286 e. The zero-order valence-electron chi connectivity index (χ0n) is 16.2. The van der Waals surface area contributed by atoms with Crippen molar-refractivity contribution in [2.24, 2.45) is 0 Å². The molecule has 3 aliphatic rings. The lowest BCUT2D eigenvalue weighted by atomic mass is 10.0. The molecule has 6 N–H and O–H groups in total. The van der Waals surface area contributed by atoms with E-state index in [1.165, 1.54) is 16.7 Å². The number of benzene rings is 1. The fourth-order valence-corrected chi connectivity index (χ4v) is 4.76. The van der Waals surface area contributed by atoms with E-state index < -0.39 is 53.9 Å². The Bertz CT molecular complexity index is 1370. The highest BCUT2D eigenvalue weighted by Crippen LogP contribution is 2.51. The first kappa shape index (κ1) is 19.5. The van der Waals surface area contributed by atoms with Crippen molar-refractivity contribution in [2.45, 2.75) is 36.0 Å². The molecule has 3 aromatic rings. The number of rotatable bonds is 2. The molecule has 0 amide bonds. The lowest BCUT2D eigenvalue weighted by Crippen LogP contribution is -2.54. The van der Waals surface area contributed by atoms with Crippen molar-refractivity contribution in [3.63, 3.8) is 0 Å². The minimum atomic E-state index is -2.68. The van der Waals surface area contributed by atoms with E-state index in [9.17, 15) is 35.1 Å². The molecule has 0 spiro atoms. The van der Waals surface area contributed by atoms with E-state index in [0.717, 1.165) is 6.33 Å². The summed E-state index contributed by atoms with van der Waals surface area (Å²) in [6.45, 7) is -0.546. The zero-order chi connectivity index (χ0) is 22.6. The number of carbonyl (C=O) groups excluding carboxylic acids is 1. The number of ketones is 1. The van der Waals surface area contributed by atoms with Gasteiger partial charge in [0.15, 0.2) is 17.4 Å². The molecule has 0 unspecified atom stereocenters. The Balaban J connectivity index is 1.55. The van der Waals surface area contributed by atoms with Gasteiger partial charge in [-0.15, -0.1) is 0 Å². The van der Waals surface area contributed by atoms with Crippen LogP contribution in [0, 0.1) is 0 Å². The Morgan fingerprint density at radius 3 is 2.62 bits per heavy atom. The molecule has 4 heterocycles. The molecular weight excluding hydrogens is 426 g/mol. The fourth-order valence-electron chi connectivity index (χ4n) is 4.76. The molecule has 1 aromatic carbocycles. The number of nitrogens with one attached hydrogen (secondary N) is 1. The van der Waals surface area contributed by atoms with Gasteiger partial charge in [0.05, 0.1) is 12.9 Å². The second-order valence-electron chi connectivity index (χ2n) is 8.01. The molecule has 166 valence electrons. The molecule has 0 bridgehead atoms. The van der Waals surface area contributed by atoms with E-state index in [4.69, 9.17) is 4.74 Å². The predicted molar refractivity (Wildman–Crippen MR) is 103 cm³/mol. The molecule has 6 rings (SSSR count). The molecular formula is C19H17N5O8. The maximum atomic E-state index is 13.3. The van der Waals surface area contributed by atoms with Gasteiger partial charge in [0.1, 0.15) is 18.3 Å². The van der Waals surface area contributed by atoms with Crippen molar-refractivity contribution in [2.75, 3.05) is 11.9 Å². The van der Waals surface area contributed by atoms with Gasteiger partial charge in [-0.2, -0.15) is 4.98 Å². The van der Waals surface area contributed by atoms with Crippen LogP contribution in [0.4, 0.5) is 5.95 Å². The maximum absolute atomic E-state index is 13.3. The first-order valence-corrected chi connectivity index (χ1v) is 9.73. The number of hydrogen-bond acceptors (Lipinski definition) is 11. The summed E-state index contributed by atoms with van der Waals surface area (Å²) in [6.07, 6.45) is -3.95. The summed E-state index contributed by atoms with van der Waals surface area (Å²) in [6, 6.07) is 6.02. The number of anilines is 1. The normalized spacial score (nSPS) is 35.1. The Hall–Kier alpha value is -3.20. The number of aromatic nitrogens is 4. The summed E-state index contributed by atoms with van der Waals surface area (Å²) in [5.74, 6) is -1.18. The Kier molecular flexibility index (Phi) is 3.64. The van der Waals surface area contributed by atoms with Gasteiger partial charge in [-0.3, -0.25) is 14.2 Å². The van der Waals surface area contributed by atoms with Gasteiger partial charge in [0.25, 0.3) is 11.3 Å². The van der Waals surface area contributed by atoms with Crippen molar-refractivity contribution in [1.82, 2.24) is 19.1 Å². The summed E-state index contributed by atoms with van der Waals surface area (Å²) in [5, 5.41) is 54.9. The molecule has 13 heteroatoms. The zero-order valence-corrected chi connectivity index (χ0v) is 16.2. The fraction of sp³-hybridized carbons (Fsp3) is 0.368. The van der Waals surface area contributed by atoms with Crippen molar-refractivity contribution >= 4 is 22.9 Å². The third-order valence-electron chi connectivity index (χ3n) is 6.39. The average Bonchev–Trinajstić information content (AvgIpc) is 3.44. The van der Waals surface area contributed by atoms with Crippen LogP contribution in [0.1, 0.15) is 22.1 Å². The number of hydrogen-bond donors (Lipinski definition) is 6. The Morgan fingerprint density at radius 2 is 1.91 bits per heavy atom. The standard InChI is InChI=1S/C19H17N5O8/c25-5-9-11(26)12(27)16(32-9)23-6-20-10-14(23)21-17-22-18(30)8-4-2-1-3-7(8)13(28)19(18,31)24(17)15(10)29/h1-4,6,9,11-12,16,25-27,30-31H,5H2,(H,21,22)/t9-,11+,12+,16-,18+,19-/m0/s1. The number of fused-ring (bicyclic) bond motifs is 6. The number of carbonyl (C=O) groups is 1. The highest BCUT2D eigenvalue weighted by molar-refractivity contribution is 6.08. The van der Waals surface area contributed by atoms with E-state index in [1.54, 1.807) is 12.1 Å². The third-order valence-corrected chi connectivity index (χ3v) is 6.39. The number of imidazole rings is 1. The lowest BCUT2D eigenvalue weighted by molar-refractivity contribution is -0.139. The highest BCUT2D eigenvalue weighted by atomic mass is 16.6. The molecule has 0 saturated carbocycles. The molecule has 0 radical (unpaired) electrons. The Morgan fingerprint density at radius 1 is 1.16 bits per heavy atom. The molecule has 13 nitrogen and oxygen atoms in total. The van der Waals surface area contributed by atoms with Crippen LogP contribution in [0.2, 0.25) is 0 Å². The van der Waals surface area contributed by atoms with Crippen molar-refractivity contribution in [3.05, 3.63) is 52.1 Å². The van der Waals surface area contributed by atoms with Crippen LogP contribution in [-0.2, 0) is 16.2 Å². The number of ether oxygens (including phenoxy) is 1. The van der Waals surface area contributed by atoms with E-state index in [0.29, 0.717) is 4.57 Å². The summed E-state index contributed by atoms with van der Waals surface area (Å²) >= 11 is 0. The van der Waals surface area contributed by atoms with Gasteiger partial charge in [0, 0.05) is 11.1 Å². The predicted octanol–water partition coefficient (Wildman–Crippen LogP) is -2.68. The topological polar surface area (TPSA) is 192 Å². The van der Waals surface area contributed by atoms with Gasteiger partial charge in [0.2, 0.25) is 17.5 Å². The number of aliphatic hydroxyl groups is 5. The van der Waals surface area contributed by atoms with Crippen molar-refractivity contribution in [3.8, 4) is 0 Å². The monoisotopic (exact) mass is 443 g/mol. The minimum absolute atomic E-state index is 0.0553. The van der Waals surface area contributed by atoms with Gasteiger partial charge in [-0.05, 0) is 0 Å². The number of nitrogens with zero attached hydrogens (tertiary/aromatic N) is 4. The molecule has 2 aromatic heterocycles. The van der Waals surface area contributed by atoms with Crippen LogP contribution in [0.5, 0.6) is 0 Å². The van der Waals surface area contributed by atoms with E-state index >= 15 is 0 Å². The van der Waals surface area contributed by atoms with Gasteiger partial charge >= 0.3 is 0 Å². The SMILES string of the molecule is O=C1c2ccccc2[C@]2(O)Nc3nc4c(ncn4[C@H]4O[C@@H](CO)[C@@H](O)[C@H]4O)c(=O)n3[C@]12O. The summed E-state index contributed by atoms with van der Waals surface area (Å²) in [4.78, 5) is 34.6. The smallest absolute Gasteiger partial charge is 0.286 e. The first-order valence-electron chi connectivity index (χ1n) is 9.73. The Labute approximate surface area is 177 Å². The molecule has 6 atom stereocenters. The number of aliphatic hydroxyl groups excluding tert-OH is 3. The summed E-state index contributed by atoms with van der Waals surface area (Å²) < 4.78 is 7.33. The van der Waals surface area contributed by atoms with Crippen LogP contribution in [0.25, 0.3) is 11.2 Å².